The van der Waals surface area contributed by atoms with E-state index in [0.29, 0.717) is 16.4 Å². The Morgan fingerprint density at radius 2 is 2.00 bits per heavy atom. The minimum Gasteiger partial charge on any atom is -0.356 e. The van der Waals surface area contributed by atoms with Crippen LogP contribution in [0.2, 0.25) is 5.02 Å². The fourth-order valence-electron chi connectivity index (χ4n) is 2.39. The van der Waals surface area contributed by atoms with Crippen molar-refractivity contribution < 1.29 is 4.79 Å². The fraction of sp³-hybridized carbons (Fsp3) is 0.267. The summed E-state index contributed by atoms with van der Waals surface area (Å²) in [5, 5.41) is 3.31. The van der Waals surface area contributed by atoms with Crippen molar-refractivity contribution >= 4 is 29.1 Å². The predicted molar refractivity (Wildman–Crippen MR) is 82.9 cm³/mol. The van der Waals surface area contributed by atoms with E-state index in [4.69, 9.17) is 11.6 Å². The molecule has 0 atom stereocenters. The lowest BCUT2D eigenvalue weighted by molar-refractivity contribution is 0.102. The van der Waals surface area contributed by atoms with Crippen molar-refractivity contribution in [3.63, 3.8) is 0 Å². The highest BCUT2D eigenvalue weighted by atomic mass is 35.5. The lowest BCUT2D eigenvalue weighted by Crippen LogP contribution is -2.24. The van der Waals surface area contributed by atoms with Gasteiger partial charge in [0.1, 0.15) is 11.6 Å². The summed E-state index contributed by atoms with van der Waals surface area (Å²) in [5.74, 6) is 1.00. The van der Waals surface area contributed by atoms with Gasteiger partial charge in [0.15, 0.2) is 0 Å². The van der Waals surface area contributed by atoms with Gasteiger partial charge in [-0.1, -0.05) is 11.6 Å². The Bertz CT molecular complexity index is 638. The number of hydrogen-bond donors (Lipinski definition) is 1. The first kappa shape index (κ1) is 13.8. The normalized spacial score (nSPS) is 14.2. The lowest BCUT2D eigenvalue weighted by Gasteiger charge is -2.19. The van der Waals surface area contributed by atoms with Crippen LogP contribution < -0.4 is 10.2 Å². The van der Waals surface area contributed by atoms with Crippen molar-refractivity contribution in [3.8, 4) is 0 Å². The van der Waals surface area contributed by atoms with Gasteiger partial charge in [-0.2, -0.15) is 0 Å². The summed E-state index contributed by atoms with van der Waals surface area (Å²) in [5.41, 5.74) is 0.566. The van der Waals surface area contributed by atoms with Crippen LogP contribution in [-0.2, 0) is 0 Å². The Labute approximate surface area is 128 Å². The zero-order valence-corrected chi connectivity index (χ0v) is 12.2. The largest absolute Gasteiger partial charge is 0.356 e. The number of carbonyl (C=O) groups excluding carboxylic acids is 1. The molecule has 1 saturated heterocycles. The fourth-order valence-corrected chi connectivity index (χ4v) is 2.50. The van der Waals surface area contributed by atoms with Crippen molar-refractivity contribution in [2.24, 2.45) is 0 Å². The Kier molecular flexibility index (Phi) is 4.01. The van der Waals surface area contributed by atoms with Crippen LogP contribution in [0.5, 0.6) is 0 Å². The molecule has 108 valence electrons. The molecule has 0 aliphatic carbocycles. The smallest absolute Gasteiger partial charge is 0.260 e. The summed E-state index contributed by atoms with van der Waals surface area (Å²) in [6.07, 6.45) is 5.49. The van der Waals surface area contributed by atoms with Gasteiger partial charge in [0.2, 0.25) is 0 Å². The zero-order chi connectivity index (χ0) is 14.7. The van der Waals surface area contributed by atoms with Gasteiger partial charge < -0.3 is 10.2 Å². The first-order valence-corrected chi connectivity index (χ1v) is 7.25. The van der Waals surface area contributed by atoms with Crippen molar-refractivity contribution in [2.45, 2.75) is 12.8 Å². The first-order valence-electron chi connectivity index (χ1n) is 6.87. The summed E-state index contributed by atoms with van der Waals surface area (Å²) in [4.78, 5) is 23.0. The van der Waals surface area contributed by atoms with Crippen LogP contribution in [0, 0.1) is 0 Å². The molecule has 6 heteroatoms. The van der Waals surface area contributed by atoms with Crippen molar-refractivity contribution in [2.75, 3.05) is 23.3 Å². The molecule has 1 aliphatic rings. The number of carbonyl (C=O) groups is 1. The van der Waals surface area contributed by atoms with Gasteiger partial charge in [-0.25, -0.2) is 9.97 Å². The summed E-state index contributed by atoms with van der Waals surface area (Å²) in [7, 11) is 0. The molecule has 1 amide bonds. The highest BCUT2D eigenvalue weighted by Gasteiger charge is 2.20. The second-order valence-electron chi connectivity index (χ2n) is 4.88. The van der Waals surface area contributed by atoms with Gasteiger partial charge in [0, 0.05) is 25.5 Å². The molecule has 2 aromatic heterocycles. The molecule has 1 fully saturated rings. The topological polar surface area (TPSA) is 58.1 Å². The van der Waals surface area contributed by atoms with E-state index in [0.717, 1.165) is 31.7 Å². The van der Waals surface area contributed by atoms with E-state index in [2.05, 4.69) is 20.2 Å². The third-order valence-corrected chi connectivity index (χ3v) is 3.63. The molecule has 0 spiro atoms. The minimum atomic E-state index is -0.208. The van der Waals surface area contributed by atoms with Crippen molar-refractivity contribution in [1.82, 2.24) is 9.97 Å². The summed E-state index contributed by atoms with van der Waals surface area (Å²) in [6.45, 7) is 1.88. The zero-order valence-electron chi connectivity index (χ0n) is 11.4. The second kappa shape index (κ2) is 6.10. The molecule has 0 unspecified atom stereocenters. The number of anilines is 2. The Balaban J connectivity index is 1.82. The Morgan fingerprint density at radius 1 is 1.19 bits per heavy atom. The van der Waals surface area contributed by atoms with Crippen LogP contribution in [0.15, 0.2) is 36.7 Å². The second-order valence-corrected chi connectivity index (χ2v) is 5.32. The third-order valence-electron chi connectivity index (χ3n) is 3.41. The molecule has 3 rings (SSSR count). The van der Waals surface area contributed by atoms with Crippen LogP contribution in [0.4, 0.5) is 11.6 Å². The maximum atomic E-state index is 12.4. The van der Waals surface area contributed by atoms with Crippen LogP contribution >= 0.6 is 11.6 Å². The highest BCUT2D eigenvalue weighted by molar-refractivity contribution is 6.30. The van der Waals surface area contributed by atoms with Gasteiger partial charge in [-0.05, 0) is 37.1 Å². The van der Waals surface area contributed by atoms with E-state index in [1.807, 2.05) is 0 Å². The number of pyridine rings is 2. The van der Waals surface area contributed by atoms with Gasteiger partial charge in [-0.3, -0.25) is 4.79 Å². The van der Waals surface area contributed by atoms with Crippen LogP contribution in [0.25, 0.3) is 0 Å². The van der Waals surface area contributed by atoms with E-state index < -0.39 is 0 Å². The van der Waals surface area contributed by atoms with E-state index >= 15 is 0 Å². The van der Waals surface area contributed by atoms with E-state index in [1.54, 1.807) is 30.5 Å². The van der Waals surface area contributed by atoms with Crippen LogP contribution in [0.3, 0.4) is 0 Å². The number of nitrogens with zero attached hydrogens (tertiary/aromatic N) is 3. The quantitative estimate of drug-likeness (QED) is 0.947. The molecule has 1 N–H and O–H groups in total. The van der Waals surface area contributed by atoms with Gasteiger partial charge in [-0.15, -0.1) is 0 Å². The van der Waals surface area contributed by atoms with Gasteiger partial charge in [0.25, 0.3) is 5.91 Å². The predicted octanol–water partition coefficient (Wildman–Crippen LogP) is 2.98. The average molecular weight is 303 g/mol. The van der Waals surface area contributed by atoms with Gasteiger partial charge >= 0.3 is 0 Å². The number of halogens is 1. The third kappa shape index (κ3) is 3.13. The van der Waals surface area contributed by atoms with E-state index in [9.17, 15) is 4.79 Å². The summed E-state index contributed by atoms with van der Waals surface area (Å²) in [6, 6.07) is 6.91. The molecular weight excluding hydrogens is 288 g/mol. The molecule has 0 bridgehead atoms. The number of amides is 1. The molecule has 5 nitrogen and oxygen atoms in total. The number of hydrogen-bond acceptors (Lipinski definition) is 4. The maximum absolute atomic E-state index is 12.4. The lowest BCUT2D eigenvalue weighted by atomic mass is 10.2. The molecule has 1 aliphatic heterocycles. The molecule has 2 aromatic rings. The summed E-state index contributed by atoms with van der Waals surface area (Å²) >= 11 is 5.78. The highest BCUT2D eigenvalue weighted by Crippen LogP contribution is 2.22. The van der Waals surface area contributed by atoms with Crippen LogP contribution in [0.1, 0.15) is 23.2 Å². The number of aromatic nitrogens is 2. The van der Waals surface area contributed by atoms with E-state index in [1.165, 1.54) is 6.20 Å². The molecule has 0 aromatic carbocycles. The number of nitrogens with one attached hydrogen (secondary N) is 1. The monoisotopic (exact) mass is 302 g/mol. The molecular formula is C15H15ClN4O. The molecule has 0 radical (unpaired) electrons. The Hall–Kier alpha value is -2.14. The standard InChI is InChI=1S/C15H15ClN4O/c16-11-5-6-13(18-10-11)19-15(21)12-4-3-7-17-14(12)20-8-1-2-9-20/h3-7,10H,1-2,8-9H2,(H,18,19,21). The average Bonchev–Trinajstić information content (AvgIpc) is 3.04. The van der Waals surface area contributed by atoms with E-state index in [-0.39, 0.29) is 5.91 Å². The number of rotatable bonds is 3. The SMILES string of the molecule is O=C(Nc1ccc(Cl)cn1)c1cccnc1N1CCCC1. The summed E-state index contributed by atoms with van der Waals surface area (Å²) < 4.78 is 0. The molecule has 0 saturated carbocycles. The maximum Gasteiger partial charge on any atom is 0.260 e. The van der Waals surface area contributed by atoms with Crippen molar-refractivity contribution in [1.29, 1.82) is 0 Å². The molecule has 3 heterocycles. The van der Waals surface area contributed by atoms with Crippen molar-refractivity contribution in [3.05, 3.63) is 47.2 Å². The molecule has 21 heavy (non-hydrogen) atoms. The Morgan fingerprint density at radius 3 is 2.71 bits per heavy atom. The minimum absolute atomic E-state index is 0.208. The van der Waals surface area contributed by atoms with Gasteiger partial charge in [0.05, 0.1) is 10.6 Å². The van der Waals surface area contributed by atoms with Crippen LogP contribution in [-0.4, -0.2) is 29.0 Å². The first-order chi connectivity index (χ1) is 10.2.